The zero-order valence-corrected chi connectivity index (χ0v) is 17.0. The molecule has 1 aromatic carbocycles. The predicted molar refractivity (Wildman–Crippen MR) is 102 cm³/mol. The highest BCUT2D eigenvalue weighted by Crippen LogP contribution is 2.64. The standard InChI is InChI=1S/C10H16O4S.C8H11N3O2/c1-9(2)7-3-4-10(9,8(11)5-7)6-15(12,13)14;9-5-6-10-7-1-3-8(4-2-7)11(12)13/h7H,3-6H2,1-2H3,(H,12,13,14);1-4,10H,5-6,9H2/t7-,10-;/m1./s1. The van der Waals surface area contributed by atoms with E-state index in [0.717, 1.165) is 25.2 Å². The number of benzene rings is 1. The maximum absolute atomic E-state index is 11.8. The van der Waals surface area contributed by atoms with Crippen molar-refractivity contribution < 1.29 is 28.4 Å². The predicted octanol–water partition coefficient (Wildman–Crippen LogP) is 1.18. The normalized spacial score (nSPS) is 25.1. The van der Waals surface area contributed by atoms with Crippen LogP contribution in [0.25, 0.3) is 0 Å². The first-order valence-electron chi connectivity index (χ1n) is 9.17. The molecule has 2 atom stereocenters. The Kier molecular flexibility index (Phi) is 6.47. The third-order valence-electron chi connectivity index (χ3n) is 6.15. The highest BCUT2D eigenvalue weighted by atomic mass is 32.2. The summed E-state index contributed by atoms with van der Waals surface area (Å²) >= 11 is 0. The van der Waals surface area contributed by atoms with Gasteiger partial charge in [0, 0.05) is 29.7 Å². The first-order chi connectivity index (χ1) is 12.9. The summed E-state index contributed by atoms with van der Waals surface area (Å²) in [7, 11) is -4.33. The number of nitro benzene ring substituents is 1. The zero-order chi connectivity index (χ0) is 21.2. The van der Waals surface area contributed by atoms with E-state index >= 15 is 0 Å². The van der Waals surface area contributed by atoms with Crippen molar-refractivity contribution in [2.24, 2.45) is 16.7 Å². The Morgan fingerprint density at radius 3 is 2.29 bits per heavy atom. The van der Waals surface area contributed by atoms with Gasteiger partial charge < -0.3 is 15.6 Å². The Balaban J connectivity index is 0.000000203. The third-order valence-corrected chi connectivity index (χ3v) is 6.99. The maximum atomic E-state index is 11.8. The quantitative estimate of drug-likeness (QED) is 0.402. The summed E-state index contributed by atoms with van der Waals surface area (Å²) in [5.74, 6) is -0.280. The van der Waals surface area contributed by atoms with E-state index in [2.05, 4.69) is 11.1 Å². The lowest BCUT2D eigenvalue weighted by atomic mass is 9.70. The fraction of sp³-hybridized carbons (Fsp3) is 0.611. The average Bonchev–Trinajstić information content (AvgIpc) is 2.93. The number of hydrogen-bond acceptors (Lipinski definition) is 7. The summed E-state index contributed by atoms with van der Waals surface area (Å²) in [6.07, 6.45) is 1.88. The van der Waals surface area contributed by atoms with Crippen molar-refractivity contribution in [1.82, 2.24) is 0 Å². The van der Waals surface area contributed by atoms with Crippen molar-refractivity contribution in [2.45, 2.75) is 33.1 Å². The Morgan fingerprint density at radius 1 is 1.29 bits per heavy atom. The van der Waals surface area contributed by atoms with Crippen LogP contribution in [0.15, 0.2) is 24.3 Å². The van der Waals surface area contributed by atoms with Gasteiger partial charge in [-0.1, -0.05) is 13.8 Å². The topological polar surface area (TPSA) is 157 Å². The van der Waals surface area contributed by atoms with Crippen LogP contribution < -0.4 is 11.1 Å². The molecule has 2 bridgehead atoms. The average molecular weight is 413 g/mol. The number of fused-ring (bicyclic) bond motifs is 2. The van der Waals surface area contributed by atoms with Gasteiger partial charge in [0.15, 0.2) is 0 Å². The van der Waals surface area contributed by atoms with Crippen molar-refractivity contribution >= 4 is 27.3 Å². The number of non-ortho nitro benzene ring substituents is 1. The van der Waals surface area contributed by atoms with Crippen molar-refractivity contribution in [3.05, 3.63) is 34.4 Å². The van der Waals surface area contributed by atoms with Gasteiger partial charge in [0.05, 0.1) is 33.9 Å². The van der Waals surface area contributed by atoms with Crippen LogP contribution in [-0.2, 0) is 14.9 Å². The van der Waals surface area contributed by atoms with Crippen LogP contribution in [-0.4, -0.2) is 42.5 Å². The lowest BCUT2D eigenvalue weighted by Crippen LogP contribution is -2.53. The van der Waals surface area contributed by atoms with Gasteiger partial charge >= 0.3 is 0 Å². The van der Waals surface area contributed by atoms with E-state index in [-0.39, 0.29) is 22.8 Å². The van der Waals surface area contributed by atoms with E-state index in [4.69, 9.17) is 0 Å². The molecule has 0 radical (unpaired) electrons. The summed E-state index contributed by atoms with van der Waals surface area (Å²) in [6, 6.07) is 6.33. The number of nitrogens with zero attached hydrogens (tertiary/aromatic N) is 1. The van der Waals surface area contributed by atoms with Crippen LogP contribution in [0, 0.1) is 26.9 Å². The molecule has 0 aromatic heterocycles. The number of carbonyl (C=O) groups excluding carboxylic acids is 1. The minimum absolute atomic E-state index is 0.0248. The molecule has 156 valence electrons. The van der Waals surface area contributed by atoms with Gasteiger partial charge in [-0.25, -0.2) is 8.42 Å². The number of Topliss-reactive ketones (excluding diaryl/α,β-unsaturated/α-hetero) is 1. The molecule has 0 unspecified atom stereocenters. The lowest BCUT2D eigenvalue weighted by molar-refractivity contribution is -0.384. The zero-order valence-electron chi connectivity index (χ0n) is 16.1. The molecule has 28 heavy (non-hydrogen) atoms. The number of carbonyl (C=O) groups is 1. The Bertz CT molecular complexity index is 837. The molecular weight excluding hydrogens is 386 g/mol. The second-order valence-electron chi connectivity index (χ2n) is 7.95. The van der Waals surface area contributed by atoms with Gasteiger partial charge in [-0.2, -0.15) is 0 Å². The van der Waals surface area contributed by atoms with E-state index < -0.39 is 26.2 Å². The van der Waals surface area contributed by atoms with Crippen LogP contribution in [0.3, 0.4) is 0 Å². The highest BCUT2D eigenvalue weighted by Gasteiger charge is 2.64. The van der Waals surface area contributed by atoms with E-state index in [0.29, 0.717) is 12.8 Å². The van der Waals surface area contributed by atoms with Gasteiger partial charge in [0.2, 0.25) is 0 Å². The number of ketones is 1. The summed E-state index contributed by atoms with van der Waals surface area (Å²) in [5.41, 5.74) is 3.45. The first-order valence-corrected chi connectivity index (χ1v) is 10.7. The molecule has 9 nitrogen and oxygen atoms in total. The maximum Gasteiger partial charge on any atom is 0.269 e. The number of quaternary nitrogens is 1. The molecule has 0 amide bonds. The fourth-order valence-electron chi connectivity index (χ4n) is 4.34. The molecule has 2 saturated carbocycles. The number of hydrogen-bond donors (Lipinski definition) is 2. The minimum atomic E-state index is -4.33. The molecule has 0 heterocycles. The van der Waals surface area contributed by atoms with Crippen molar-refractivity contribution in [3.63, 3.8) is 0 Å². The molecule has 0 aliphatic heterocycles. The minimum Gasteiger partial charge on any atom is -0.748 e. The number of anilines is 1. The Hall–Kier alpha value is -2.04. The molecule has 4 N–H and O–H groups in total. The van der Waals surface area contributed by atoms with Gasteiger partial charge in [-0.05, 0) is 36.3 Å². The fourth-order valence-corrected chi connectivity index (χ4v) is 5.62. The second-order valence-corrected chi connectivity index (χ2v) is 9.36. The van der Waals surface area contributed by atoms with E-state index in [1.165, 1.54) is 12.1 Å². The van der Waals surface area contributed by atoms with E-state index in [9.17, 15) is 27.9 Å². The van der Waals surface area contributed by atoms with Gasteiger partial charge in [0.1, 0.15) is 5.78 Å². The molecule has 2 fully saturated rings. The summed E-state index contributed by atoms with van der Waals surface area (Å²) in [5, 5.41) is 13.4. The molecule has 0 saturated heterocycles. The molecule has 1 aromatic rings. The Morgan fingerprint density at radius 2 is 1.89 bits per heavy atom. The van der Waals surface area contributed by atoms with Crippen LogP contribution in [0.2, 0.25) is 0 Å². The largest absolute Gasteiger partial charge is 0.748 e. The van der Waals surface area contributed by atoms with Crippen molar-refractivity contribution in [2.75, 3.05) is 24.2 Å². The van der Waals surface area contributed by atoms with Gasteiger partial charge in [0.25, 0.3) is 5.69 Å². The molecule has 10 heteroatoms. The number of nitro groups is 1. The van der Waals surface area contributed by atoms with Crippen LogP contribution in [0.5, 0.6) is 0 Å². The molecule has 2 aliphatic carbocycles. The summed E-state index contributed by atoms with van der Waals surface area (Å²) in [4.78, 5) is 21.7. The number of nitrogens with one attached hydrogen (secondary N) is 1. The van der Waals surface area contributed by atoms with Crippen LogP contribution in [0.4, 0.5) is 11.4 Å². The molecule has 3 rings (SSSR count). The number of rotatable bonds is 6. The van der Waals surface area contributed by atoms with Gasteiger partial charge in [-0.15, -0.1) is 0 Å². The lowest BCUT2D eigenvalue weighted by Gasteiger charge is -2.37. The first kappa shape index (κ1) is 22.3. The highest BCUT2D eigenvalue weighted by molar-refractivity contribution is 7.85. The summed E-state index contributed by atoms with van der Waals surface area (Å²) in [6.45, 7) is 5.40. The third kappa shape index (κ3) is 4.50. The molecule has 0 spiro atoms. The smallest absolute Gasteiger partial charge is 0.269 e. The van der Waals surface area contributed by atoms with Crippen LogP contribution in [0.1, 0.15) is 33.1 Å². The second kappa shape index (κ2) is 8.14. The summed E-state index contributed by atoms with van der Waals surface area (Å²) < 4.78 is 32.7. The van der Waals surface area contributed by atoms with Crippen molar-refractivity contribution in [3.8, 4) is 0 Å². The SMILES string of the molecule is CC1(C)[C@@H]2CC[C@@]1(CS(=O)(=O)[O-])C(=O)C2.[NH3+]CCNc1ccc([N+](=O)[O-])cc1. The molecule has 2 aliphatic rings. The van der Waals surface area contributed by atoms with Crippen LogP contribution >= 0.6 is 0 Å². The Labute approximate surface area is 164 Å². The monoisotopic (exact) mass is 413 g/mol. The van der Waals surface area contributed by atoms with Crippen molar-refractivity contribution in [1.29, 1.82) is 0 Å². The molecular formula is C18H27N3O6S. The van der Waals surface area contributed by atoms with E-state index in [1.54, 1.807) is 12.1 Å². The van der Waals surface area contributed by atoms with E-state index in [1.807, 2.05) is 13.8 Å². The van der Waals surface area contributed by atoms with Gasteiger partial charge in [-0.3, -0.25) is 14.9 Å².